The summed E-state index contributed by atoms with van der Waals surface area (Å²) in [5.41, 5.74) is 1.05. The lowest BCUT2D eigenvalue weighted by molar-refractivity contribution is -0.139. The molecule has 2 N–H and O–H groups in total. The molecule has 0 saturated heterocycles. The number of aromatic hydroxyl groups is 1. The van der Waals surface area contributed by atoms with E-state index in [2.05, 4.69) is 0 Å². The van der Waals surface area contributed by atoms with Crippen molar-refractivity contribution >= 4 is 11.8 Å². The van der Waals surface area contributed by atoms with E-state index in [0.29, 0.717) is 17.9 Å². The highest BCUT2D eigenvalue weighted by Gasteiger charge is 2.20. The van der Waals surface area contributed by atoms with Crippen LogP contribution < -0.4 is 4.74 Å². The van der Waals surface area contributed by atoms with Gasteiger partial charge < -0.3 is 14.9 Å². The van der Waals surface area contributed by atoms with Crippen LogP contribution in [-0.4, -0.2) is 28.6 Å². The van der Waals surface area contributed by atoms with Crippen molar-refractivity contribution in [2.75, 3.05) is 6.61 Å². The van der Waals surface area contributed by atoms with Crippen LogP contribution in [0.1, 0.15) is 75.7 Å². The minimum absolute atomic E-state index is 0.0462. The topological polar surface area (TPSA) is 83.8 Å². The van der Waals surface area contributed by atoms with Crippen LogP contribution in [0.5, 0.6) is 11.5 Å². The summed E-state index contributed by atoms with van der Waals surface area (Å²) < 4.78 is 5.77. The molecule has 140 valence electrons. The maximum absolute atomic E-state index is 11.5. The van der Waals surface area contributed by atoms with E-state index >= 15 is 0 Å². The number of aliphatic carboxylic acids is 1. The maximum Gasteiger partial charge on any atom is 0.303 e. The van der Waals surface area contributed by atoms with Gasteiger partial charge in [-0.25, -0.2) is 0 Å². The predicted octanol–water partition coefficient (Wildman–Crippen LogP) is 4.60. The number of ketones is 1. The summed E-state index contributed by atoms with van der Waals surface area (Å²) in [5, 5.41) is 18.8. The van der Waals surface area contributed by atoms with E-state index in [1.54, 1.807) is 6.07 Å². The Morgan fingerprint density at radius 2 is 1.84 bits per heavy atom. The van der Waals surface area contributed by atoms with Crippen LogP contribution in [0, 0.1) is 5.41 Å². The normalized spacial score (nSPS) is 11.4. The van der Waals surface area contributed by atoms with Crippen LogP contribution in [0.15, 0.2) is 12.1 Å². The van der Waals surface area contributed by atoms with Crippen molar-refractivity contribution in [2.45, 2.75) is 66.2 Å². The molecule has 25 heavy (non-hydrogen) atoms. The SMILES string of the molecule is CCc1cc(C(C)=O)c(O)cc1OCCCCCC(C)(C)CC(=O)O. The molecule has 0 amide bonds. The average molecular weight is 350 g/mol. The van der Waals surface area contributed by atoms with E-state index in [9.17, 15) is 14.7 Å². The van der Waals surface area contributed by atoms with Crippen molar-refractivity contribution < 1.29 is 24.5 Å². The Balaban J connectivity index is 2.45. The molecular weight excluding hydrogens is 320 g/mol. The zero-order valence-corrected chi connectivity index (χ0v) is 15.7. The number of aryl methyl sites for hydroxylation is 1. The van der Waals surface area contributed by atoms with Gasteiger partial charge in [-0.05, 0) is 43.2 Å². The first-order valence-electron chi connectivity index (χ1n) is 8.87. The summed E-state index contributed by atoms with van der Waals surface area (Å²) >= 11 is 0. The molecule has 1 aromatic carbocycles. The molecule has 0 spiro atoms. The van der Waals surface area contributed by atoms with Crippen LogP contribution in [0.3, 0.4) is 0 Å². The number of phenols is 1. The molecule has 0 atom stereocenters. The van der Waals surface area contributed by atoms with Gasteiger partial charge in [0.25, 0.3) is 0 Å². The van der Waals surface area contributed by atoms with Crippen LogP contribution in [-0.2, 0) is 11.2 Å². The minimum atomic E-state index is -0.755. The zero-order chi connectivity index (χ0) is 19.0. The lowest BCUT2D eigenvalue weighted by atomic mass is 9.84. The highest BCUT2D eigenvalue weighted by molar-refractivity contribution is 5.97. The molecule has 0 aliphatic heterocycles. The van der Waals surface area contributed by atoms with E-state index in [4.69, 9.17) is 9.84 Å². The van der Waals surface area contributed by atoms with E-state index in [1.807, 2.05) is 20.8 Å². The molecule has 1 aromatic rings. The summed E-state index contributed by atoms with van der Waals surface area (Å²) in [5.74, 6) is -0.344. The summed E-state index contributed by atoms with van der Waals surface area (Å²) in [6, 6.07) is 3.22. The Bertz CT molecular complexity index is 604. The summed E-state index contributed by atoms with van der Waals surface area (Å²) in [7, 11) is 0. The quantitative estimate of drug-likeness (QED) is 0.450. The van der Waals surface area contributed by atoms with Crippen LogP contribution in [0.2, 0.25) is 0 Å². The molecule has 0 fully saturated rings. The maximum atomic E-state index is 11.5. The fraction of sp³-hybridized carbons (Fsp3) is 0.600. The Morgan fingerprint density at radius 1 is 1.16 bits per heavy atom. The number of carboxylic acids is 1. The minimum Gasteiger partial charge on any atom is -0.507 e. The van der Waals surface area contributed by atoms with Gasteiger partial charge in [0.15, 0.2) is 5.78 Å². The molecule has 0 heterocycles. The number of carboxylic acid groups (broad SMARTS) is 1. The van der Waals surface area contributed by atoms with Gasteiger partial charge in [0.05, 0.1) is 18.6 Å². The van der Waals surface area contributed by atoms with Gasteiger partial charge in [-0.1, -0.05) is 33.6 Å². The summed E-state index contributed by atoms with van der Waals surface area (Å²) in [6.45, 7) is 7.90. The highest BCUT2D eigenvalue weighted by Crippen LogP contribution is 2.30. The van der Waals surface area contributed by atoms with Crippen molar-refractivity contribution in [3.8, 4) is 11.5 Å². The fourth-order valence-electron chi connectivity index (χ4n) is 2.87. The Morgan fingerprint density at radius 3 is 2.40 bits per heavy atom. The third-order valence-corrected chi connectivity index (χ3v) is 4.32. The van der Waals surface area contributed by atoms with Gasteiger partial charge in [-0.15, -0.1) is 0 Å². The van der Waals surface area contributed by atoms with Gasteiger partial charge in [0.1, 0.15) is 11.5 Å². The molecular formula is C20H30O5. The number of ether oxygens (including phenoxy) is 1. The Hall–Kier alpha value is -2.04. The number of phenolic OH excluding ortho intramolecular Hbond substituents is 1. The first-order chi connectivity index (χ1) is 11.7. The number of Topliss-reactive ketones (excluding diaryl/α,β-unsaturated/α-hetero) is 1. The van der Waals surface area contributed by atoms with Crippen molar-refractivity contribution in [3.63, 3.8) is 0 Å². The average Bonchev–Trinajstić information content (AvgIpc) is 2.49. The first kappa shape index (κ1) is 21.0. The van der Waals surface area contributed by atoms with Crippen molar-refractivity contribution in [1.29, 1.82) is 0 Å². The third-order valence-electron chi connectivity index (χ3n) is 4.32. The molecule has 5 heteroatoms. The number of benzene rings is 1. The number of carbonyl (C=O) groups excluding carboxylic acids is 1. The van der Waals surface area contributed by atoms with E-state index in [-0.39, 0.29) is 23.4 Å². The number of hydrogen-bond donors (Lipinski definition) is 2. The second kappa shape index (κ2) is 9.44. The second-order valence-electron chi connectivity index (χ2n) is 7.28. The smallest absolute Gasteiger partial charge is 0.303 e. The van der Waals surface area contributed by atoms with Crippen LogP contribution in [0.25, 0.3) is 0 Å². The second-order valence-corrected chi connectivity index (χ2v) is 7.28. The molecule has 0 aromatic heterocycles. The van der Waals surface area contributed by atoms with Gasteiger partial charge >= 0.3 is 5.97 Å². The molecule has 0 unspecified atom stereocenters. The Kier molecular flexibility index (Phi) is 7.94. The van der Waals surface area contributed by atoms with Crippen molar-refractivity contribution in [1.82, 2.24) is 0 Å². The first-order valence-corrected chi connectivity index (χ1v) is 8.87. The number of hydrogen-bond acceptors (Lipinski definition) is 4. The van der Waals surface area contributed by atoms with Crippen molar-refractivity contribution in [3.05, 3.63) is 23.3 Å². The molecule has 0 bridgehead atoms. The molecule has 0 radical (unpaired) electrons. The van der Waals surface area contributed by atoms with Gasteiger partial charge in [0.2, 0.25) is 0 Å². The van der Waals surface area contributed by atoms with Crippen molar-refractivity contribution in [2.24, 2.45) is 5.41 Å². The van der Waals surface area contributed by atoms with E-state index < -0.39 is 5.97 Å². The largest absolute Gasteiger partial charge is 0.507 e. The summed E-state index contributed by atoms with van der Waals surface area (Å²) in [4.78, 5) is 22.3. The van der Waals surface area contributed by atoms with E-state index in [1.165, 1.54) is 13.0 Å². The lowest BCUT2D eigenvalue weighted by Crippen LogP contribution is -2.16. The Labute approximate surface area is 150 Å². The highest BCUT2D eigenvalue weighted by atomic mass is 16.5. The van der Waals surface area contributed by atoms with E-state index in [0.717, 1.165) is 37.7 Å². The van der Waals surface area contributed by atoms with Gasteiger partial charge in [-0.3, -0.25) is 9.59 Å². The standard InChI is InChI=1S/C20H30O5/c1-5-15-11-16(14(2)21)17(22)12-18(15)25-10-8-6-7-9-20(3,4)13-19(23)24/h11-12,22H,5-10,13H2,1-4H3,(H,23,24). The van der Waals surface area contributed by atoms with Gasteiger partial charge in [-0.2, -0.15) is 0 Å². The predicted molar refractivity (Wildman–Crippen MR) is 97.5 cm³/mol. The number of carbonyl (C=O) groups is 2. The van der Waals surface area contributed by atoms with Gasteiger partial charge in [0, 0.05) is 6.07 Å². The van der Waals surface area contributed by atoms with Crippen LogP contribution >= 0.6 is 0 Å². The number of unbranched alkanes of at least 4 members (excludes halogenated alkanes) is 2. The monoisotopic (exact) mass is 350 g/mol. The van der Waals surface area contributed by atoms with Crippen LogP contribution in [0.4, 0.5) is 0 Å². The number of rotatable bonds is 11. The molecule has 1 rings (SSSR count). The third kappa shape index (κ3) is 7.16. The molecule has 0 aliphatic carbocycles. The lowest BCUT2D eigenvalue weighted by Gasteiger charge is -2.22. The summed E-state index contributed by atoms with van der Waals surface area (Å²) in [6.07, 6.45) is 4.56. The molecule has 5 nitrogen and oxygen atoms in total. The zero-order valence-electron chi connectivity index (χ0n) is 15.7. The fourth-order valence-corrected chi connectivity index (χ4v) is 2.87. The molecule has 0 aliphatic rings. The molecule has 0 saturated carbocycles.